The number of carbonyl (C=O) groups is 1. The minimum Gasteiger partial charge on any atom is -0.480 e. The number of likely N-dealkylation sites (N-methyl/N-ethyl adjacent to an activating group) is 1. The predicted molar refractivity (Wildman–Crippen MR) is 112 cm³/mol. The molecule has 0 saturated heterocycles. The molecule has 7 nitrogen and oxygen atoms in total. The van der Waals surface area contributed by atoms with E-state index in [-0.39, 0.29) is 12.5 Å². The van der Waals surface area contributed by atoms with E-state index in [9.17, 15) is 9.90 Å². The van der Waals surface area contributed by atoms with Crippen molar-refractivity contribution < 1.29 is 14.4 Å². The highest BCUT2D eigenvalue weighted by atomic mass is 32.1. The Labute approximate surface area is 171 Å². The molecule has 28 heavy (non-hydrogen) atoms. The van der Waals surface area contributed by atoms with E-state index in [0.717, 1.165) is 25.2 Å². The van der Waals surface area contributed by atoms with Gasteiger partial charge in [-0.15, -0.1) is 0 Å². The van der Waals surface area contributed by atoms with Crippen molar-refractivity contribution in [1.82, 2.24) is 19.9 Å². The van der Waals surface area contributed by atoms with E-state index < -0.39 is 5.97 Å². The molecule has 0 aliphatic carbocycles. The van der Waals surface area contributed by atoms with Crippen LogP contribution in [0.2, 0.25) is 0 Å². The second kappa shape index (κ2) is 10.9. The number of benzene rings is 1. The maximum Gasteiger partial charge on any atom is 0.323 e. The summed E-state index contributed by atoms with van der Waals surface area (Å²) in [5.74, 6) is 0.0544. The van der Waals surface area contributed by atoms with Gasteiger partial charge in [0.05, 0.1) is 4.99 Å². The van der Waals surface area contributed by atoms with E-state index >= 15 is 0 Å². The zero-order chi connectivity index (χ0) is 20.5. The molecule has 0 radical (unpaired) electrons. The first-order chi connectivity index (χ1) is 13.4. The van der Waals surface area contributed by atoms with Gasteiger partial charge in [0.15, 0.2) is 0 Å². The molecule has 0 amide bonds. The lowest BCUT2D eigenvalue weighted by Crippen LogP contribution is -2.43. The zero-order valence-electron chi connectivity index (χ0n) is 16.7. The fourth-order valence-electron chi connectivity index (χ4n) is 2.94. The molecule has 0 aliphatic heterocycles. The molecule has 2 rings (SSSR count). The summed E-state index contributed by atoms with van der Waals surface area (Å²) in [4.78, 5) is 20.3. The summed E-state index contributed by atoms with van der Waals surface area (Å²) < 4.78 is 5.37. The Morgan fingerprint density at radius 1 is 1.21 bits per heavy atom. The third-order valence-electron chi connectivity index (χ3n) is 4.62. The van der Waals surface area contributed by atoms with Crippen LogP contribution < -0.4 is 0 Å². The van der Waals surface area contributed by atoms with Gasteiger partial charge in [0.1, 0.15) is 6.54 Å². The summed E-state index contributed by atoms with van der Waals surface area (Å²) in [6.45, 7) is 9.22. The fourth-order valence-corrected chi connectivity index (χ4v) is 3.17. The molecular formula is C20H28N4O3S. The van der Waals surface area contributed by atoms with Crippen molar-refractivity contribution in [3.63, 3.8) is 0 Å². The number of carboxylic acids is 1. The molecule has 1 N–H and O–H groups in total. The molecule has 0 aliphatic rings. The topological polar surface area (TPSA) is 82.7 Å². The van der Waals surface area contributed by atoms with Crippen LogP contribution in [0, 0.1) is 5.92 Å². The molecule has 0 unspecified atom stereocenters. The maximum atomic E-state index is 11.3. The SMILES string of the molecule is CCN(CC)CCN(CC(=O)O)C(=S)[C@@H](C)Cc1nc(-c2ccccc2)no1. The van der Waals surface area contributed by atoms with Gasteiger partial charge in [0, 0.05) is 31.0 Å². The minimum atomic E-state index is -0.891. The van der Waals surface area contributed by atoms with Gasteiger partial charge in [-0.05, 0) is 13.1 Å². The maximum absolute atomic E-state index is 11.3. The Morgan fingerprint density at radius 3 is 2.50 bits per heavy atom. The van der Waals surface area contributed by atoms with Crippen LogP contribution >= 0.6 is 12.2 Å². The van der Waals surface area contributed by atoms with Crippen molar-refractivity contribution in [2.45, 2.75) is 27.2 Å². The van der Waals surface area contributed by atoms with E-state index in [1.807, 2.05) is 37.3 Å². The van der Waals surface area contributed by atoms with Gasteiger partial charge in [-0.1, -0.05) is 68.5 Å². The average Bonchev–Trinajstić information content (AvgIpc) is 3.16. The van der Waals surface area contributed by atoms with Crippen LogP contribution in [0.1, 0.15) is 26.7 Å². The van der Waals surface area contributed by atoms with E-state index in [1.54, 1.807) is 4.90 Å². The largest absolute Gasteiger partial charge is 0.480 e. The Bertz CT molecular complexity index is 762. The van der Waals surface area contributed by atoms with Gasteiger partial charge in [-0.2, -0.15) is 4.98 Å². The lowest BCUT2D eigenvalue weighted by Gasteiger charge is -2.29. The summed E-state index contributed by atoms with van der Waals surface area (Å²) in [5.41, 5.74) is 0.888. The second-order valence-corrected chi connectivity index (χ2v) is 7.08. The zero-order valence-corrected chi connectivity index (χ0v) is 17.5. The Morgan fingerprint density at radius 2 is 1.89 bits per heavy atom. The number of aromatic nitrogens is 2. The van der Waals surface area contributed by atoms with E-state index in [1.165, 1.54) is 0 Å². The summed E-state index contributed by atoms with van der Waals surface area (Å²) in [6.07, 6.45) is 0.472. The molecule has 2 aromatic rings. The normalized spacial score (nSPS) is 12.1. The molecule has 1 aromatic heterocycles. The van der Waals surface area contributed by atoms with Gasteiger partial charge in [0.25, 0.3) is 0 Å². The van der Waals surface area contributed by atoms with Crippen LogP contribution in [0.25, 0.3) is 11.4 Å². The third-order valence-corrected chi connectivity index (χ3v) is 5.28. The molecule has 152 valence electrons. The van der Waals surface area contributed by atoms with Crippen LogP contribution in [0.5, 0.6) is 0 Å². The first kappa shape index (κ1) is 22.0. The summed E-state index contributed by atoms with van der Waals surface area (Å²) >= 11 is 5.59. The Kier molecular flexibility index (Phi) is 8.53. The predicted octanol–water partition coefficient (Wildman–Crippen LogP) is 2.97. The van der Waals surface area contributed by atoms with Crippen molar-refractivity contribution >= 4 is 23.2 Å². The first-order valence-electron chi connectivity index (χ1n) is 9.55. The summed E-state index contributed by atoms with van der Waals surface area (Å²) in [5, 5.41) is 13.3. The molecule has 1 aromatic carbocycles. The van der Waals surface area contributed by atoms with Gasteiger partial charge in [-0.25, -0.2) is 0 Å². The highest BCUT2D eigenvalue weighted by Crippen LogP contribution is 2.18. The van der Waals surface area contributed by atoms with Crippen molar-refractivity contribution in [1.29, 1.82) is 0 Å². The quantitative estimate of drug-likeness (QED) is 0.573. The smallest absolute Gasteiger partial charge is 0.323 e. The van der Waals surface area contributed by atoms with Crippen molar-refractivity contribution in [2.24, 2.45) is 5.92 Å². The van der Waals surface area contributed by atoms with Crippen LogP contribution in [-0.4, -0.2) is 68.7 Å². The Hall–Kier alpha value is -2.32. The van der Waals surface area contributed by atoms with Crippen LogP contribution in [0.15, 0.2) is 34.9 Å². The van der Waals surface area contributed by atoms with E-state index in [4.69, 9.17) is 16.7 Å². The number of hydrogen-bond donors (Lipinski definition) is 1. The lowest BCUT2D eigenvalue weighted by atomic mass is 10.1. The molecule has 0 bridgehead atoms. The molecule has 1 atom stereocenters. The molecule has 0 fully saturated rings. The number of thiocarbonyl (C=S) groups is 1. The molecule has 1 heterocycles. The lowest BCUT2D eigenvalue weighted by molar-refractivity contribution is -0.137. The standard InChI is InChI=1S/C20H28N4O3S/c1-4-23(5-2)11-12-24(14-18(25)26)20(28)15(3)13-17-21-19(22-27-17)16-9-7-6-8-10-16/h6-10,15H,4-5,11-14H2,1-3H3,(H,25,26)/t15-/m0/s1. The van der Waals surface area contributed by atoms with Crippen molar-refractivity contribution in [3.05, 3.63) is 36.2 Å². The number of carboxylic acid groups (broad SMARTS) is 1. The number of nitrogens with zero attached hydrogens (tertiary/aromatic N) is 4. The van der Waals surface area contributed by atoms with Gasteiger partial charge >= 0.3 is 5.97 Å². The fraction of sp³-hybridized carbons (Fsp3) is 0.500. The molecule has 0 saturated carbocycles. The highest BCUT2D eigenvalue weighted by Gasteiger charge is 2.22. The monoisotopic (exact) mass is 404 g/mol. The summed E-state index contributed by atoms with van der Waals surface area (Å²) in [6, 6.07) is 9.61. The van der Waals surface area contributed by atoms with E-state index in [0.29, 0.717) is 29.7 Å². The van der Waals surface area contributed by atoms with Crippen LogP contribution in [0.4, 0.5) is 0 Å². The molecule has 8 heteroatoms. The highest BCUT2D eigenvalue weighted by molar-refractivity contribution is 7.80. The molecular weight excluding hydrogens is 376 g/mol. The van der Waals surface area contributed by atoms with Crippen molar-refractivity contribution in [2.75, 3.05) is 32.7 Å². The van der Waals surface area contributed by atoms with Gasteiger partial charge in [-0.3, -0.25) is 4.79 Å². The second-order valence-electron chi connectivity index (χ2n) is 6.66. The van der Waals surface area contributed by atoms with E-state index in [2.05, 4.69) is 28.9 Å². The average molecular weight is 405 g/mol. The van der Waals surface area contributed by atoms with Gasteiger partial charge < -0.3 is 19.4 Å². The van der Waals surface area contributed by atoms with Crippen LogP contribution in [-0.2, 0) is 11.2 Å². The van der Waals surface area contributed by atoms with Crippen molar-refractivity contribution in [3.8, 4) is 11.4 Å². The first-order valence-corrected chi connectivity index (χ1v) is 9.96. The van der Waals surface area contributed by atoms with Gasteiger partial charge in [0.2, 0.25) is 11.7 Å². The number of hydrogen-bond acceptors (Lipinski definition) is 6. The van der Waals surface area contributed by atoms with Crippen LogP contribution in [0.3, 0.4) is 0 Å². The number of rotatable bonds is 11. The minimum absolute atomic E-state index is 0.0878. The Balaban J connectivity index is 2.01. The molecule has 0 spiro atoms. The number of aliphatic carboxylic acids is 1. The summed E-state index contributed by atoms with van der Waals surface area (Å²) in [7, 11) is 0. The third kappa shape index (κ3) is 6.38.